The number of anilines is 2. The number of rotatable bonds is 7. The first kappa shape index (κ1) is 23.5. The van der Waals surface area contributed by atoms with Crippen LogP contribution in [0.25, 0.3) is 0 Å². The van der Waals surface area contributed by atoms with E-state index >= 15 is 0 Å². The normalized spacial score (nSPS) is 11.0. The Bertz CT molecular complexity index is 1240. The van der Waals surface area contributed by atoms with Gasteiger partial charge in [-0.1, -0.05) is 45.8 Å². The predicted octanol–water partition coefficient (Wildman–Crippen LogP) is 4.38. The third kappa shape index (κ3) is 5.54. The second kappa shape index (κ2) is 9.97. The average molecular weight is 517 g/mol. The highest BCUT2D eigenvalue weighted by atomic mass is 79.9. The van der Waals surface area contributed by atoms with E-state index in [1.54, 1.807) is 54.6 Å². The van der Waals surface area contributed by atoms with Crippen LogP contribution in [-0.2, 0) is 19.6 Å². The molecular formula is C23H21BrN2O5S. The van der Waals surface area contributed by atoms with Crippen LogP contribution in [-0.4, -0.2) is 33.9 Å². The molecule has 3 aromatic rings. The van der Waals surface area contributed by atoms with Crippen molar-refractivity contribution in [2.45, 2.75) is 11.8 Å². The Labute approximate surface area is 195 Å². The number of aryl methyl sites for hydroxylation is 1. The molecule has 0 aliphatic rings. The van der Waals surface area contributed by atoms with E-state index in [-0.39, 0.29) is 10.5 Å². The van der Waals surface area contributed by atoms with Crippen LogP contribution in [0.15, 0.2) is 82.2 Å². The number of hydrogen-bond donors (Lipinski definition) is 1. The van der Waals surface area contributed by atoms with E-state index in [0.29, 0.717) is 15.8 Å². The molecule has 0 saturated heterocycles. The number of carbonyl (C=O) groups is 2. The number of carbonyl (C=O) groups excluding carboxylic acids is 2. The number of methoxy groups -OCH3 is 1. The predicted molar refractivity (Wildman–Crippen MR) is 126 cm³/mol. The van der Waals surface area contributed by atoms with Gasteiger partial charge in [0.15, 0.2) is 0 Å². The van der Waals surface area contributed by atoms with Gasteiger partial charge in [-0.2, -0.15) is 0 Å². The van der Waals surface area contributed by atoms with E-state index < -0.39 is 28.4 Å². The summed E-state index contributed by atoms with van der Waals surface area (Å²) in [6.45, 7) is 1.40. The van der Waals surface area contributed by atoms with E-state index in [0.717, 1.165) is 9.87 Å². The molecule has 0 spiro atoms. The number of ether oxygens (including phenoxy) is 1. The first-order valence-corrected chi connectivity index (χ1v) is 11.8. The zero-order valence-electron chi connectivity index (χ0n) is 17.4. The van der Waals surface area contributed by atoms with Crippen molar-refractivity contribution in [2.75, 3.05) is 23.3 Å². The van der Waals surface area contributed by atoms with Crippen molar-refractivity contribution in [1.82, 2.24) is 0 Å². The molecule has 0 aliphatic heterocycles. The second-order valence-corrected chi connectivity index (χ2v) is 9.70. The molecule has 0 radical (unpaired) electrons. The minimum absolute atomic E-state index is 0.0727. The Morgan fingerprint density at radius 2 is 1.69 bits per heavy atom. The minimum atomic E-state index is -4.02. The fourth-order valence-electron chi connectivity index (χ4n) is 2.96. The smallest absolute Gasteiger partial charge is 0.337 e. The van der Waals surface area contributed by atoms with Crippen LogP contribution in [0.2, 0.25) is 0 Å². The lowest BCUT2D eigenvalue weighted by Gasteiger charge is -2.24. The Morgan fingerprint density at radius 3 is 2.34 bits per heavy atom. The van der Waals surface area contributed by atoms with E-state index in [9.17, 15) is 18.0 Å². The van der Waals surface area contributed by atoms with Gasteiger partial charge in [-0.25, -0.2) is 13.2 Å². The SMILES string of the molecule is COC(=O)c1cccc(NC(=O)CN(c2cccc(Br)c2)S(=O)(=O)c2ccc(C)cc2)c1. The van der Waals surface area contributed by atoms with E-state index in [2.05, 4.69) is 26.0 Å². The molecule has 32 heavy (non-hydrogen) atoms. The van der Waals surface area contributed by atoms with Crippen molar-refractivity contribution in [3.63, 3.8) is 0 Å². The number of halogens is 1. The Hall–Kier alpha value is -3.17. The van der Waals surface area contributed by atoms with Gasteiger partial charge in [0.05, 0.1) is 23.3 Å². The quantitative estimate of drug-likeness (QED) is 0.470. The third-order valence-corrected chi connectivity index (χ3v) is 6.84. The van der Waals surface area contributed by atoms with Crippen molar-refractivity contribution in [3.8, 4) is 0 Å². The molecule has 0 bridgehead atoms. The van der Waals surface area contributed by atoms with Crippen molar-refractivity contribution in [1.29, 1.82) is 0 Å². The van der Waals surface area contributed by atoms with Crippen molar-refractivity contribution < 1.29 is 22.7 Å². The lowest BCUT2D eigenvalue weighted by Crippen LogP contribution is -2.38. The largest absolute Gasteiger partial charge is 0.465 e. The maximum atomic E-state index is 13.4. The zero-order valence-corrected chi connectivity index (χ0v) is 19.8. The van der Waals surface area contributed by atoms with Crippen LogP contribution in [0, 0.1) is 6.92 Å². The maximum Gasteiger partial charge on any atom is 0.337 e. The summed E-state index contributed by atoms with van der Waals surface area (Å²) in [5.74, 6) is -1.11. The summed E-state index contributed by atoms with van der Waals surface area (Å²) in [6, 6.07) is 19.3. The van der Waals surface area contributed by atoms with Gasteiger partial charge in [0.25, 0.3) is 10.0 Å². The maximum absolute atomic E-state index is 13.4. The number of nitrogens with zero attached hydrogens (tertiary/aromatic N) is 1. The van der Waals surface area contributed by atoms with Crippen molar-refractivity contribution in [2.24, 2.45) is 0 Å². The summed E-state index contributed by atoms with van der Waals surface area (Å²) >= 11 is 3.35. The molecule has 1 amide bonds. The summed E-state index contributed by atoms with van der Waals surface area (Å²) in [5, 5.41) is 2.64. The number of nitrogens with one attached hydrogen (secondary N) is 1. The van der Waals surface area contributed by atoms with Crippen molar-refractivity contribution >= 4 is 49.2 Å². The first-order chi connectivity index (χ1) is 15.2. The van der Waals surface area contributed by atoms with Crippen LogP contribution in [0.3, 0.4) is 0 Å². The summed E-state index contributed by atoms with van der Waals surface area (Å²) in [5.41, 5.74) is 1.86. The molecule has 9 heteroatoms. The van der Waals surface area contributed by atoms with Crippen LogP contribution >= 0.6 is 15.9 Å². The fourth-order valence-corrected chi connectivity index (χ4v) is 4.76. The molecular weight excluding hydrogens is 496 g/mol. The molecule has 0 aromatic heterocycles. The summed E-state index contributed by atoms with van der Waals surface area (Å²) < 4.78 is 33.2. The standard InChI is InChI=1S/C23H21BrN2O5S/c1-16-9-11-21(12-10-16)32(29,30)26(20-8-4-6-18(24)14-20)15-22(27)25-19-7-3-5-17(13-19)23(28)31-2/h3-14H,15H2,1-2H3,(H,25,27). The molecule has 0 heterocycles. The first-order valence-electron chi connectivity index (χ1n) is 9.54. The number of benzene rings is 3. The van der Waals surface area contributed by atoms with Gasteiger partial charge in [0, 0.05) is 10.2 Å². The molecule has 0 aliphatic carbocycles. The number of amides is 1. The Kier molecular flexibility index (Phi) is 7.32. The van der Waals surface area contributed by atoms with Gasteiger partial charge in [0.1, 0.15) is 6.54 Å². The molecule has 7 nitrogen and oxygen atoms in total. The molecule has 0 unspecified atom stereocenters. The summed E-state index contributed by atoms with van der Waals surface area (Å²) in [7, 11) is -2.76. The fraction of sp³-hybridized carbons (Fsp3) is 0.130. The molecule has 0 saturated carbocycles. The third-order valence-electron chi connectivity index (χ3n) is 4.56. The van der Waals surface area contributed by atoms with Gasteiger partial charge in [-0.15, -0.1) is 0 Å². The van der Waals surface area contributed by atoms with Crippen LogP contribution in [0.1, 0.15) is 15.9 Å². The van der Waals surface area contributed by atoms with Gasteiger partial charge in [-0.05, 0) is 55.5 Å². The number of esters is 1. The van der Waals surface area contributed by atoms with Crippen LogP contribution in [0.4, 0.5) is 11.4 Å². The minimum Gasteiger partial charge on any atom is -0.465 e. The second-order valence-electron chi connectivity index (χ2n) is 6.93. The zero-order chi connectivity index (χ0) is 23.3. The highest BCUT2D eigenvalue weighted by Gasteiger charge is 2.27. The highest BCUT2D eigenvalue weighted by molar-refractivity contribution is 9.10. The average Bonchev–Trinajstić information content (AvgIpc) is 2.77. The summed E-state index contributed by atoms with van der Waals surface area (Å²) in [4.78, 5) is 24.6. The van der Waals surface area contributed by atoms with Crippen LogP contribution < -0.4 is 9.62 Å². The van der Waals surface area contributed by atoms with Crippen LogP contribution in [0.5, 0.6) is 0 Å². The van der Waals surface area contributed by atoms with Crippen molar-refractivity contribution in [3.05, 3.63) is 88.4 Å². The van der Waals surface area contributed by atoms with Gasteiger partial charge >= 0.3 is 5.97 Å². The van der Waals surface area contributed by atoms with Gasteiger partial charge < -0.3 is 10.1 Å². The molecule has 166 valence electrons. The monoisotopic (exact) mass is 516 g/mol. The highest BCUT2D eigenvalue weighted by Crippen LogP contribution is 2.26. The molecule has 1 N–H and O–H groups in total. The Morgan fingerprint density at radius 1 is 1.00 bits per heavy atom. The van der Waals surface area contributed by atoms with E-state index in [4.69, 9.17) is 0 Å². The summed E-state index contributed by atoms with van der Waals surface area (Å²) in [6.07, 6.45) is 0. The topological polar surface area (TPSA) is 92.8 Å². The number of hydrogen-bond acceptors (Lipinski definition) is 5. The molecule has 3 rings (SSSR count). The number of sulfonamides is 1. The van der Waals surface area contributed by atoms with Gasteiger partial charge in [-0.3, -0.25) is 9.10 Å². The lowest BCUT2D eigenvalue weighted by atomic mass is 10.2. The molecule has 3 aromatic carbocycles. The van der Waals surface area contributed by atoms with E-state index in [1.165, 1.54) is 25.3 Å². The van der Waals surface area contributed by atoms with E-state index in [1.807, 2.05) is 6.92 Å². The van der Waals surface area contributed by atoms with Gasteiger partial charge in [0.2, 0.25) is 5.91 Å². The lowest BCUT2D eigenvalue weighted by molar-refractivity contribution is -0.114. The molecule has 0 atom stereocenters. The molecule has 0 fully saturated rings. The Balaban J connectivity index is 1.92.